The fraction of sp³-hybridized carbons (Fsp3) is 1.00. The average Bonchev–Trinajstić information content (AvgIpc) is 2.12. The van der Waals surface area contributed by atoms with Crippen LogP contribution in [0, 0.1) is 5.41 Å². The molecular formula is C9H17NO2. The topological polar surface area (TPSA) is 41.5 Å². The molecule has 3 heteroatoms. The molecule has 0 aromatic rings. The van der Waals surface area contributed by atoms with Gasteiger partial charge < -0.3 is 15.2 Å². The largest absolute Gasteiger partial charge is 0.391 e. The van der Waals surface area contributed by atoms with Crippen LogP contribution in [0.5, 0.6) is 0 Å². The van der Waals surface area contributed by atoms with Gasteiger partial charge in [0.1, 0.15) is 0 Å². The number of rotatable bonds is 0. The molecule has 2 heterocycles. The minimum atomic E-state index is -0.157. The van der Waals surface area contributed by atoms with Gasteiger partial charge in [0.05, 0.1) is 6.10 Å². The van der Waals surface area contributed by atoms with E-state index in [1.165, 1.54) is 0 Å². The second-order valence-corrected chi connectivity index (χ2v) is 3.94. The Morgan fingerprint density at radius 3 is 2.67 bits per heavy atom. The highest BCUT2D eigenvalue weighted by molar-refractivity contribution is 4.92. The Morgan fingerprint density at radius 1 is 1.25 bits per heavy atom. The van der Waals surface area contributed by atoms with Crippen LogP contribution in [0.1, 0.15) is 19.3 Å². The van der Waals surface area contributed by atoms with E-state index in [2.05, 4.69) is 5.32 Å². The van der Waals surface area contributed by atoms with E-state index in [9.17, 15) is 5.11 Å². The quantitative estimate of drug-likeness (QED) is 0.544. The molecular weight excluding hydrogens is 154 g/mol. The van der Waals surface area contributed by atoms with Crippen LogP contribution in [-0.2, 0) is 4.74 Å². The summed E-state index contributed by atoms with van der Waals surface area (Å²) in [7, 11) is 0. The summed E-state index contributed by atoms with van der Waals surface area (Å²) in [6.07, 6.45) is 3.03. The van der Waals surface area contributed by atoms with E-state index in [1.807, 2.05) is 0 Å². The summed E-state index contributed by atoms with van der Waals surface area (Å²) >= 11 is 0. The van der Waals surface area contributed by atoms with Crippen molar-refractivity contribution in [2.75, 3.05) is 26.3 Å². The minimum Gasteiger partial charge on any atom is -0.391 e. The highest BCUT2D eigenvalue weighted by Gasteiger charge is 2.40. The predicted molar refractivity (Wildman–Crippen MR) is 46.0 cm³/mol. The zero-order valence-corrected chi connectivity index (χ0v) is 7.38. The molecule has 0 amide bonds. The van der Waals surface area contributed by atoms with Gasteiger partial charge in [-0.15, -0.1) is 0 Å². The molecule has 2 rings (SSSR count). The van der Waals surface area contributed by atoms with Crippen LogP contribution in [0.15, 0.2) is 0 Å². The van der Waals surface area contributed by atoms with Crippen LogP contribution >= 0.6 is 0 Å². The molecule has 0 saturated carbocycles. The van der Waals surface area contributed by atoms with Gasteiger partial charge in [-0.3, -0.25) is 0 Å². The molecule has 0 aromatic heterocycles. The smallest absolute Gasteiger partial charge is 0.0722 e. The Hall–Kier alpha value is -0.120. The first-order chi connectivity index (χ1) is 5.83. The summed E-state index contributed by atoms with van der Waals surface area (Å²) in [5, 5.41) is 13.1. The molecule has 2 aliphatic heterocycles. The lowest BCUT2D eigenvalue weighted by Gasteiger charge is -2.44. The number of aliphatic hydroxyl groups is 1. The van der Waals surface area contributed by atoms with Gasteiger partial charge in [0.25, 0.3) is 0 Å². The van der Waals surface area contributed by atoms with Gasteiger partial charge in [-0.2, -0.15) is 0 Å². The molecule has 12 heavy (non-hydrogen) atoms. The van der Waals surface area contributed by atoms with E-state index >= 15 is 0 Å². The van der Waals surface area contributed by atoms with E-state index in [0.717, 1.165) is 45.6 Å². The van der Waals surface area contributed by atoms with Crippen molar-refractivity contribution < 1.29 is 9.84 Å². The summed E-state index contributed by atoms with van der Waals surface area (Å²) in [5.41, 5.74) is 0.184. The Kier molecular flexibility index (Phi) is 2.35. The van der Waals surface area contributed by atoms with Crippen LogP contribution in [-0.4, -0.2) is 37.5 Å². The van der Waals surface area contributed by atoms with E-state index in [1.54, 1.807) is 0 Å². The monoisotopic (exact) mass is 171 g/mol. The van der Waals surface area contributed by atoms with Crippen molar-refractivity contribution in [3.8, 4) is 0 Å². The molecule has 1 unspecified atom stereocenters. The van der Waals surface area contributed by atoms with Crippen LogP contribution < -0.4 is 5.32 Å². The normalized spacial score (nSPS) is 35.2. The molecule has 0 aromatic carbocycles. The molecule has 0 bridgehead atoms. The number of nitrogens with one attached hydrogen (secondary N) is 1. The van der Waals surface area contributed by atoms with Crippen molar-refractivity contribution in [3.05, 3.63) is 0 Å². The lowest BCUT2D eigenvalue weighted by molar-refractivity contribution is -0.0763. The third kappa shape index (κ3) is 1.37. The Labute approximate surface area is 73.1 Å². The van der Waals surface area contributed by atoms with Crippen LogP contribution in [0.2, 0.25) is 0 Å². The summed E-state index contributed by atoms with van der Waals surface area (Å²) in [4.78, 5) is 0. The summed E-state index contributed by atoms with van der Waals surface area (Å²) in [5.74, 6) is 0. The van der Waals surface area contributed by atoms with Crippen LogP contribution in [0.3, 0.4) is 0 Å². The maximum absolute atomic E-state index is 9.87. The molecule has 2 fully saturated rings. The molecule has 1 atom stereocenters. The van der Waals surface area contributed by atoms with E-state index in [-0.39, 0.29) is 11.5 Å². The maximum Gasteiger partial charge on any atom is 0.0722 e. The van der Waals surface area contributed by atoms with Gasteiger partial charge in [0.15, 0.2) is 0 Å². The van der Waals surface area contributed by atoms with Gasteiger partial charge in [-0.05, 0) is 25.8 Å². The highest BCUT2D eigenvalue weighted by atomic mass is 16.5. The van der Waals surface area contributed by atoms with Crippen molar-refractivity contribution in [2.24, 2.45) is 5.41 Å². The van der Waals surface area contributed by atoms with Crippen molar-refractivity contribution in [1.82, 2.24) is 5.32 Å². The van der Waals surface area contributed by atoms with E-state index < -0.39 is 0 Å². The fourth-order valence-electron chi connectivity index (χ4n) is 2.32. The molecule has 2 saturated heterocycles. The lowest BCUT2D eigenvalue weighted by atomic mass is 9.71. The zero-order chi connectivity index (χ0) is 8.44. The van der Waals surface area contributed by atoms with Gasteiger partial charge in [0, 0.05) is 25.2 Å². The highest BCUT2D eigenvalue weighted by Crippen LogP contribution is 2.38. The van der Waals surface area contributed by atoms with Crippen molar-refractivity contribution in [2.45, 2.75) is 25.4 Å². The lowest BCUT2D eigenvalue weighted by Crippen LogP contribution is -2.51. The molecule has 2 N–H and O–H groups in total. The fourth-order valence-corrected chi connectivity index (χ4v) is 2.32. The summed E-state index contributed by atoms with van der Waals surface area (Å²) < 4.78 is 5.31. The Morgan fingerprint density at radius 2 is 2.00 bits per heavy atom. The molecule has 0 aliphatic carbocycles. The molecule has 3 nitrogen and oxygen atoms in total. The number of β-amino-alcohol motifs (C(OH)–C–C–N with tert-alkyl or cyclic N) is 1. The summed E-state index contributed by atoms with van der Waals surface area (Å²) in [6.45, 7) is 3.48. The Balaban J connectivity index is 2.04. The predicted octanol–water partition coefficient (Wildman–Crippen LogP) is 0.137. The standard InChI is InChI=1S/C9H17NO2/c11-8-7-10-4-1-9(8)2-5-12-6-3-9/h8,10-11H,1-7H2. The van der Waals surface area contributed by atoms with Gasteiger partial charge in [-0.1, -0.05) is 0 Å². The van der Waals surface area contributed by atoms with Crippen molar-refractivity contribution in [1.29, 1.82) is 0 Å². The number of hydrogen-bond acceptors (Lipinski definition) is 3. The molecule has 1 spiro atoms. The average molecular weight is 171 g/mol. The third-order valence-corrected chi connectivity index (χ3v) is 3.33. The number of hydrogen-bond donors (Lipinski definition) is 2. The van der Waals surface area contributed by atoms with E-state index in [0.29, 0.717) is 0 Å². The molecule has 2 aliphatic rings. The second-order valence-electron chi connectivity index (χ2n) is 3.94. The first kappa shape index (κ1) is 8.48. The van der Waals surface area contributed by atoms with E-state index in [4.69, 9.17) is 4.74 Å². The Bertz CT molecular complexity index is 146. The first-order valence-electron chi connectivity index (χ1n) is 4.80. The number of ether oxygens (including phenoxy) is 1. The third-order valence-electron chi connectivity index (χ3n) is 3.33. The van der Waals surface area contributed by atoms with Gasteiger partial charge >= 0.3 is 0 Å². The SMILES string of the molecule is OC1CNCCC12CCOCC2. The van der Waals surface area contributed by atoms with Gasteiger partial charge in [0.2, 0.25) is 0 Å². The second kappa shape index (κ2) is 3.32. The van der Waals surface area contributed by atoms with Crippen LogP contribution in [0.25, 0.3) is 0 Å². The maximum atomic E-state index is 9.87. The number of aliphatic hydroxyl groups excluding tert-OH is 1. The van der Waals surface area contributed by atoms with Crippen molar-refractivity contribution in [3.63, 3.8) is 0 Å². The first-order valence-corrected chi connectivity index (χ1v) is 4.80. The molecule has 70 valence electrons. The minimum absolute atomic E-state index is 0.157. The molecule has 0 radical (unpaired) electrons. The zero-order valence-electron chi connectivity index (χ0n) is 7.38. The van der Waals surface area contributed by atoms with Crippen LogP contribution in [0.4, 0.5) is 0 Å². The van der Waals surface area contributed by atoms with Gasteiger partial charge in [-0.25, -0.2) is 0 Å². The van der Waals surface area contributed by atoms with Crippen molar-refractivity contribution >= 4 is 0 Å². The number of piperidine rings is 1. The summed E-state index contributed by atoms with van der Waals surface area (Å²) in [6, 6.07) is 0.